The van der Waals surface area contributed by atoms with Crippen molar-refractivity contribution in [2.75, 3.05) is 4.90 Å². The van der Waals surface area contributed by atoms with Gasteiger partial charge >= 0.3 is 0 Å². The quantitative estimate of drug-likeness (QED) is 0.156. The molecule has 0 aliphatic rings. The van der Waals surface area contributed by atoms with Crippen LogP contribution in [0.2, 0.25) is 0 Å². The third kappa shape index (κ3) is 5.75. The van der Waals surface area contributed by atoms with E-state index in [1.54, 1.807) is 0 Å². The predicted octanol–water partition coefficient (Wildman–Crippen LogP) is 16.9. The first kappa shape index (κ1) is 35.4. The standard InChI is InChI=1S/C60H38N2O/c1-2-12-42-35-48(32-25-39(42)11-1)62-56-19-9-7-17-52(56)54-36-43(26-33-57(54)62)40-21-28-46(29-22-40)61(58-38-45-13-3-4-14-49(45)50-15-5-6-16-51(50)58)47-30-23-41(24-31-47)44-27-34-60-55(37-44)53-18-8-10-20-59(53)63-60/h1-38H. The topological polar surface area (TPSA) is 21.3 Å². The minimum Gasteiger partial charge on any atom is -0.456 e. The summed E-state index contributed by atoms with van der Waals surface area (Å²) in [7, 11) is 0. The van der Waals surface area contributed by atoms with Crippen LogP contribution in [0.25, 0.3) is 104 Å². The van der Waals surface area contributed by atoms with E-state index in [2.05, 4.69) is 228 Å². The Morgan fingerprint density at radius 3 is 1.60 bits per heavy atom. The summed E-state index contributed by atoms with van der Waals surface area (Å²) < 4.78 is 8.55. The molecule has 13 aromatic rings. The summed E-state index contributed by atoms with van der Waals surface area (Å²) in [4.78, 5) is 2.41. The van der Waals surface area contributed by atoms with Gasteiger partial charge in [0.1, 0.15) is 11.2 Å². The van der Waals surface area contributed by atoms with Crippen molar-refractivity contribution in [1.82, 2.24) is 4.57 Å². The van der Waals surface area contributed by atoms with Crippen LogP contribution in [0.5, 0.6) is 0 Å². The van der Waals surface area contributed by atoms with Gasteiger partial charge in [-0.05, 0) is 128 Å². The summed E-state index contributed by atoms with van der Waals surface area (Å²) in [5, 5.41) is 12.1. The molecule has 0 bridgehead atoms. The molecule has 0 N–H and O–H groups in total. The maximum Gasteiger partial charge on any atom is 0.135 e. The average Bonchev–Trinajstić information content (AvgIpc) is 3.89. The van der Waals surface area contributed by atoms with Crippen molar-refractivity contribution < 1.29 is 4.42 Å². The number of furan rings is 1. The third-order valence-electron chi connectivity index (χ3n) is 12.9. The lowest BCUT2D eigenvalue weighted by Crippen LogP contribution is -2.10. The second kappa shape index (κ2) is 14.1. The Hall–Kier alpha value is -8.40. The van der Waals surface area contributed by atoms with Crippen LogP contribution in [0.3, 0.4) is 0 Å². The Labute approximate surface area is 363 Å². The van der Waals surface area contributed by atoms with Gasteiger partial charge in [0.15, 0.2) is 0 Å². The Bertz CT molecular complexity index is 3910. The summed E-state index contributed by atoms with van der Waals surface area (Å²) >= 11 is 0. The number of hydrogen-bond donors (Lipinski definition) is 0. The number of para-hydroxylation sites is 2. The number of anilines is 3. The Morgan fingerprint density at radius 1 is 0.302 bits per heavy atom. The van der Waals surface area contributed by atoms with Crippen LogP contribution >= 0.6 is 0 Å². The molecule has 0 fully saturated rings. The highest BCUT2D eigenvalue weighted by Gasteiger charge is 2.19. The van der Waals surface area contributed by atoms with Crippen molar-refractivity contribution in [3.8, 4) is 27.9 Å². The van der Waals surface area contributed by atoms with Gasteiger partial charge in [0.2, 0.25) is 0 Å². The van der Waals surface area contributed by atoms with E-state index in [1.165, 1.54) is 70.9 Å². The van der Waals surface area contributed by atoms with Crippen LogP contribution in [-0.2, 0) is 0 Å². The normalized spacial score (nSPS) is 11.8. The maximum absolute atomic E-state index is 6.15. The minimum atomic E-state index is 0.905. The van der Waals surface area contributed by atoms with E-state index in [4.69, 9.17) is 4.42 Å². The highest BCUT2D eigenvalue weighted by molar-refractivity contribution is 6.15. The number of rotatable bonds is 6. The van der Waals surface area contributed by atoms with Gasteiger partial charge in [-0.25, -0.2) is 0 Å². The van der Waals surface area contributed by atoms with Gasteiger partial charge in [0.05, 0.1) is 16.7 Å². The van der Waals surface area contributed by atoms with E-state index in [9.17, 15) is 0 Å². The van der Waals surface area contributed by atoms with Crippen LogP contribution in [0.1, 0.15) is 0 Å². The zero-order valence-electron chi connectivity index (χ0n) is 34.2. The second-order valence-corrected chi connectivity index (χ2v) is 16.5. The van der Waals surface area contributed by atoms with Crippen molar-refractivity contribution in [2.45, 2.75) is 0 Å². The van der Waals surface area contributed by atoms with Gasteiger partial charge in [-0.3, -0.25) is 0 Å². The van der Waals surface area contributed by atoms with Gasteiger partial charge in [-0.15, -0.1) is 0 Å². The Balaban J connectivity index is 0.925. The van der Waals surface area contributed by atoms with Gasteiger partial charge < -0.3 is 13.9 Å². The molecule has 0 aliphatic carbocycles. The molecule has 0 spiro atoms. The number of aromatic nitrogens is 1. The number of benzene rings is 11. The van der Waals surface area contributed by atoms with E-state index in [0.717, 1.165) is 50.1 Å². The van der Waals surface area contributed by atoms with Crippen molar-refractivity contribution in [1.29, 1.82) is 0 Å². The molecule has 294 valence electrons. The molecule has 3 nitrogen and oxygen atoms in total. The van der Waals surface area contributed by atoms with Crippen molar-refractivity contribution in [3.05, 3.63) is 231 Å². The van der Waals surface area contributed by atoms with Gasteiger partial charge in [-0.1, -0.05) is 152 Å². The molecule has 0 atom stereocenters. The Kier molecular flexibility index (Phi) is 7.91. The van der Waals surface area contributed by atoms with Crippen molar-refractivity contribution in [2.24, 2.45) is 0 Å². The fourth-order valence-electron chi connectivity index (χ4n) is 9.90. The lowest BCUT2D eigenvalue weighted by atomic mass is 9.98. The predicted molar refractivity (Wildman–Crippen MR) is 266 cm³/mol. The lowest BCUT2D eigenvalue weighted by Gasteiger charge is -2.28. The third-order valence-corrected chi connectivity index (χ3v) is 12.9. The maximum atomic E-state index is 6.15. The van der Waals surface area contributed by atoms with E-state index in [-0.39, 0.29) is 0 Å². The molecule has 11 aromatic carbocycles. The van der Waals surface area contributed by atoms with E-state index < -0.39 is 0 Å². The van der Waals surface area contributed by atoms with E-state index in [0.29, 0.717) is 0 Å². The van der Waals surface area contributed by atoms with Crippen LogP contribution in [-0.4, -0.2) is 4.57 Å². The number of nitrogens with zero attached hydrogens (tertiary/aromatic N) is 2. The zero-order valence-corrected chi connectivity index (χ0v) is 34.2. The van der Waals surface area contributed by atoms with Crippen LogP contribution in [0.15, 0.2) is 235 Å². The van der Waals surface area contributed by atoms with E-state index >= 15 is 0 Å². The largest absolute Gasteiger partial charge is 0.456 e. The van der Waals surface area contributed by atoms with Gasteiger partial charge in [0.25, 0.3) is 0 Å². The number of fused-ring (bicyclic) bond motifs is 10. The average molecular weight is 803 g/mol. The molecular weight excluding hydrogens is 765 g/mol. The molecule has 0 amide bonds. The molecule has 0 saturated carbocycles. The zero-order chi connectivity index (χ0) is 41.4. The van der Waals surface area contributed by atoms with Gasteiger partial charge in [0, 0.05) is 44.0 Å². The molecule has 0 unspecified atom stereocenters. The summed E-state index contributed by atoms with van der Waals surface area (Å²) in [6.07, 6.45) is 0. The summed E-state index contributed by atoms with van der Waals surface area (Å²) in [5.41, 5.74) is 13.4. The van der Waals surface area contributed by atoms with Gasteiger partial charge in [-0.2, -0.15) is 0 Å². The molecule has 0 radical (unpaired) electrons. The molecule has 2 aromatic heterocycles. The Morgan fingerprint density at radius 2 is 0.841 bits per heavy atom. The molecule has 3 heteroatoms. The SMILES string of the molecule is c1ccc2cc(-n3c4ccccc4c4cc(-c5ccc(N(c6ccc(-c7ccc8oc9ccccc9c8c7)cc6)c6cc7ccccc7c7ccccc67)cc5)ccc43)ccc2c1. The first-order valence-corrected chi connectivity index (χ1v) is 21.6. The molecule has 13 rings (SSSR count). The molecule has 0 aliphatic heterocycles. The van der Waals surface area contributed by atoms with Crippen molar-refractivity contribution in [3.63, 3.8) is 0 Å². The lowest BCUT2D eigenvalue weighted by molar-refractivity contribution is 0.669. The summed E-state index contributed by atoms with van der Waals surface area (Å²) in [6.45, 7) is 0. The van der Waals surface area contributed by atoms with E-state index in [1.807, 2.05) is 12.1 Å². The monoisotopic (exact) mass is 802 g/mol. The van der Waals surface area contributed by atoms with Crippen LogP contribution < -0.4 is 4.90 Å². The summed E-state index contributed by atoms with van der Waals surface area (Å²) in [5.74, 6) is 0. The van der Waals surface area contributed by atoms with Crippen LogP contribution in [0, 0.1) is 0 Å². The molecule has 0 saturated heterocycles. The highest BCUT2D eigenvalue weighted by atomic mass is 16.3. The smallest absolute Gasteiger partial charge is 0.135 e. The second-order valence-electron chi connectivity index (χ2n) is 16.5. The molecule has 2 heterocycles. The minimum absolute atomic E-state index is 0.905. The summed E-state index contributed by atoms with van der Waals surface area (Å²) in [6, 6.07) is 83.7. The first-order chi connectivity index (χ1) is 31.2. The van der Waals surface area contributed by atoms with Crippen molar-refractivity contribution >= 4 is 93.1 Å². The molecular formula is C60H38N2O. The fraction of sp³-hybridized carbons (Fsp3) is 0. The first-order valence-electron chi connectivity index (χ1n) is 21.6. The fourth-order valence-corrected chi connectivity index (χ4v) is 9.90. The van der Waals surface area contributed by atoms with Crippen LogP contribution in [0.4, 0.5) is 17.1 Å². The molecule has 63 heavy (non-hydrogen) atoms. The highest BCUT2D eigenvalue weighted by Crippen LogP contribution is 2.44. The number of hydrogen-bond acceptors (Lipinski definition) is 2.